The number of alkyl halides is 2. The number of piperidine rings is 1. The number of halogens is 2. The summed E-state index contributed by atoms with van der Waals surface area (Å²) in [5.74, 6) is -3.81. The highest BCUT2D eigenvalue weighted by Crippen LogP contribution is 2.26. The molecular formula is C10H17F2N2O2-. The lowest BCUT2D eigenvalue weighted by Gasteiger charge is -2.32. The minimum absolute atomic E-state index is 0.0609. The number of likely N-dealkylation sites (tertiary alicyclic amines) is 1. The summed E-state index contributed by atoms with van der Waals surface area (Å²) in [5.41, 5.74) is 5.52. The van der Waals surface area contributed by atoms with E-state index in [0.29, 0.717) is 25.9 Å². The predicted molar refractivity (Wildman–Crippen MR) is 52.8 cm³/mol. The average molecular weight is 235 g/mol. The molecule has 94 valence electrons. The van der Waals surface area contributed by atoms with Gasteiger partial charge in [-0.05, 0) is 25.9 Å². The van der Waals surface area contributed by atoms with Crippen LogP contribution in [0.5, 0.6) is 0 Å². The van der Waals surface area contributed by atoms with Crippen LogP contribution in [0, 0.1) is 0 Å². The number of carbonyl (C=O) groups is 1. The fourth-order valence-electron chi connectivity index (χ4n) is 1.90. The molecule has 0 spiro atoms. The van der Waals surface area contributed by atoms with Crippen LogP contribution in [0.1, 0.15) is 25.7 Å². The molecule has 1 aliphatic heterocycles. The highest BCUT2D eigenvalue weighted by Gasteiger charge is 2.34. The molecule has 0 aromatic carbocycles. The molecule has 0 saturated carbocycles. The Morgan fingerprint density at radius 3 is 2.81 bits per heavy atom. The quantitative estimate of drug-likeness (QED) is 0.702. The fraction of sp³-hybridized carbons (Fsp3) is 0.900. The van der Waals surface area contributed by atoms with Gasteiger partial charge in [-0.1, -0.05) is 0 Å². The van der Waals surface area contributed by atoms with Crippen molar-refractivity contribution in [3.8, 4) is 0 Å². The summed E-state index contributed by atoms with van der Waals surface area (Å²) in [4.78, 5) is 11.9. The molecule has 0 aromatic rings. The van der Waals surface area contributed by atoms with Gasteiger partial charge >= 0.3 is 0 Å². The van der Waals surface area contributed by atoms with Crippen LogP contribution in [0.2, 0.25) is 0 Å². The Bertz CT molecular complexity index is 249. The molecule has 4 nitrogen and oxygen atoms in total. The summed E-state index contributed by atoms with van der Waals surface area (Å²) < 4.78 is 26.0. The highest BCUT2D eigenvalue weighted by atomic mass is 19.3. The zero-order chi connectivity index (χ0) is 12.2. The van der Waals surface area contributed by atoms with Gasteiger partial charge in [0.15, 0.2) is 0 Å². The first-order valence-electron chi connectivity index (χ1n) is 5.45. The van der Waals surface area contributed by atoms with Crippen LogP contribution in [-0.4, -0.2) is 42.5 Å². The van der Waals surface area contributed by atoms with Crippen LogP contribution >= 0.6 is 0 Å². The van der Waals surface area contributed by atoms with Gasteiger partial charge in [-0.25, -0.2) is 8.78 Å². The Hall–Kier alpha value is -0.750. The molecule has 6 heteroatoms. The van der Waals surface area contributed by atoms with Crippen LogP contribution < -0.4 is 10.8 Å². The van der Waals surface area contributed by atoms with Crippen molar-refractivity contribution in [2.24, 2.45) is 5.73 Å². The lowest BCUT2D eigenvalue weighted by Crippen LogP contribution is -2.44. The molecule has 0 aliphatic carbocycles. The van der Waals surface area contributed by atoms with E-state index in [1.165, 1.54) is 0 Å². The third-order valence-electron chi connectivity index (χ3n) is 2.72. The number of carboxylic acids is 1. The first-order chi connectivity index (χ1) is 7.39. The molecule has 1 heterocycles. The van der Waals surface area contributed by atoms with E-state index in [2.05, 4.69) is 0 Å². The summed E-state index contributed by atoms with van der Waals surface area (Å²) in [6.07, 6.45) is 0.603. The van der Waals surface area contributed by atoms with Crippen molar-refractivity contribution in [2.75, 3.05) is 19.6 Å². The summed E-state index contributed by atoms with van der Waals surface area (Å²) in [5, 5.41) is 10.2. The number of hydrogen-bond donors (Lipinski definition) is 1. The van der Waals surface area contributed by atoms with Crippen LogP contribution in [0.15, 0.2) is 0 Å². The van der Waals surface area contributed by atoms with Crippen molar-refractivity contribution in [3.63, 3.8) is 0 Å². The maximum Gasteiger partial charge on any atom is 0.260 e. The monoisotopic (exact) mass is 235 g/mol. The van der Waals surface area contributed by atoms with Gasteiger partial charge in [0.25, 0.3) is 5.92 Å². The van der Waals surface area contributed by atoms with Crippen LogP contribution in [-0.2, 0) is 4.79 Å². The number of nitrogens with zero attached hydrogens (tertiary/aromatic N) is 1. The molecule has 0 radical (unpaired) electrons. The largest absolute Gasteiger partial charge is 0.550 e. The van der Waals surface area contributed by atoms with Gasteiger partial charge in [0, 0.05) is 24.9 Å². The van der Waals surface area contributed by atoms with Crippen molar-refractivity contribution < 1.29 is 18.7 Å². The third kappa shape index (κ3) is 4.85. The molecule has 1 fully saturated rings. The van der Waals surface area contributed by atoms with E-state index in [0.717, 1.165) is 0 Å². The maximum atomic E-state index is 13.0. The smallest absolute Gasteiger partial charge is 0.260 e. The molecule has 0 aromatic heterocycles. The third-order valence-corrected chi connectivity index (χ3v) is 2.72. The number of nitrogens with two attached hydrogens (primary N) is 1. The van der Waals surface area contributed by atoms with Crippen molar-refractivity contribution in [1.82, 2.24) is 4.90 Å². The SMILES string of the molecule is NC(CCN1CCCC(F)(F)C1)CC(=O)[O-]. The molecule has 1 rings (SSSR count). The second-order valence-corrected chi connectivity index (χ2v) is 4.36. The molecule has 1 unspecified atom stereocenters. The molecule has 1 saturated heterocycles. The zero-order valence-corrected chi connectivity index (χ0v) is 9.12. The average Bonchev–Trinajstić information content (AvgIpc) is 2.12. The van der Waals surface area contributed by atoms with Gasteiger partial charge in [-0.2, -0.15) is 0 Å². The van der Waals surface area contributed by atoms with E-state index >= 15 is 0 Å². The van der Waals surface area contributed by atoms with E-state index in [1.54, 1.807) is 4.90 Å². The number of aliphatic carboxylic acids is 1. The molecule has 1 aliphatic rings. The van der Waals surface area contributed by atoms with Gasteiger partial charge < -0.3 is 15.6 Å². The summed E-state index contributed by atoms with van der Waals surface area (Å²) in [7, 11) is 0. The lowest BCUT2D eigenvalue weighted by molar-refractivity contribution is -0.306. The van der Waals surface area contributed by atoms with E-state index < -0.39 is 17.9 Å². The normalized spacial score (nSPS) is 22.9. The van der Waals surface area contributed by atoms with Crippen molar-refractivity contribution in [2.45, 2.75) is 37.6 Å². The molecule has 16 heavy (non-hydrogen) atoms. The van der Waals surface area contributed by atoms with Gasteiger partial charge in [0.1, 0.15) is 0 Å². The Balaban J connectivity index is 2.24. The maximum absolute atomic E-state index is 13.0. The van der Waals surface area contributed by atoms with Gasteiger partial charge in [0.05, 0.1) is 6.54 Å². The zero-order valence-electron chi connectivity index (χ0n) is 9.12. The minimum atomic E-state index is -2.61. The molecule has 0 bridgehead atoms. The summed E-state index contributed by atoms with van der Waals surface area (Å²) in [6, 6.07) is -0.513. The summed E-state index contributed by atoms with van der Waals surface area (Å²) >= 11 is 0. The molecule has 1 atom stereocenters. The Kier molecular flexibility index (Phi) is 4.61. The van der Waals surface area contributed by atoms with Gasteiger partial charge in [0.2, 0.25) is 0 Å². The van der Waals surface area contributed by atoms with Crippen LogP contribution in [0.3, 0.4) is 0 Å². The Labute approximate surface area is 93.4 Å². The van der Waals surface area contributed by atoms with Crippen molar-refractivity contribution >= 4 is 5.97 Å². The second kappa shape index (κ2) is 5.54. The first-order valence-corrected chi connectivity index (χ1v) is 5.45. The van der Waals surface area contributed by atoms with E-state index in [9.17, 15) is 18.7 Å². The predicted octanol–water partition coefficient (Wildman–Crippen LogP) is -0.425. The number of carboxylic acid groups (broad SMARTS) is 1. The molecular weight excluding hydrogens is 218 g/mol. The number of carbonyl (C=O) groups excluding carboxylic acids is 1. The highest BCUT2D eigenvalue weighted by molar-refractivity contribution is 5.64. The fourth-order valence-corrected chi connectivity index (χ4v) is 1.90. The lowest BCUT2D eigenvalue weighted by atomic mass is 10.1. The van der Waals surface area contributed by atoms with E-state index in [1.807, 2.05) is 0 Å². The summed E-state index contributed by atoms with van der Waals surface area (Å²) in [6.45, 7) is 0.808. The van der Waals surface area contributed by atoms with Gasteiger partial charge in [-0.3, -0.25) is 4.90 Å². The van der Waals surface area contributed by atoms with Crippen molar-refractivity contribution in [3.05, 3.63) is 0 Å². The number of hydrogen-bond acceptors (Lipinski definition) is 4. The topological polar surface area (TPSA) is 69.4 Å². The first kappa shape index (κ1) is 13.3. The number of rotatable bonds is 5. The molecule has 2 N–H and O–H groups in total. The second-order valence-electron chi connectivity index (χ2n) is 4.36. The van der Waals surface area contributed by atoms with Gasteiger partial charge in [-0.15, -0.1) is 0 Å². The van der Waals surface area contributed by atoms with E-state index in [4.69, 9.17) is 5.73 Å². The minimum Gasteiger partial charge on any atom is -0.550 e. The van der Waals surface area contributed by atoms with Crippen molar-refractivity contribution in [1.29, 1.82) is 0 Å². The Morgan fingerprint density at radius 1 is 1.56 bits per heavy atom. The van der Waals surface area contributed by atoms with Crippen LogP contribution in [0.4, 0.5) is 8.78 Å². The Morgan fingerprint density at radius 2 is 2.25 bits per heavy atom. The molecule has 0 amide bonds. The standard InChI is InChI=1S/C10H18F2N2O2/c11-10(12)3-1-4-14(7-10)5-2-8(13)6-9(15)16/h8H,1-7,13H2,(H,15,16)/p-1. The van der Waals surface area contributed by atoms with Crippen LogP contribution in [0.25, 0.3) is 0 Å². The van der Waals surface area contributed by atoms with E-state index in [-0.39, 0.29) is 19.4 Å².